The molecule has 1 aromatic rings. The molecule has 1 heterocycles. The Labute approximate surface area is 87.9 Å². The molecule has 0 aliphatic heterocycles. The van der Waals surface area contributed by atoms with E-state index in [4.69, 9.17) is 0 Å². The molecule has 7 heteroatoms. The largest absolute Gasteiger partial charge is 0.411 e. The highest BCUT2D eigenvalue weighted by molar-refractivity contribution is 7.13. The van der Waals surface area contributed by atoms with E-state index < -0.39 is 12.8 Å². The molecule has 0 aliphatic rings. The maximum atomic E-state index is 11.7. The minimum absolute atomic E-state index is 0.0503. The lowest BCUT2D eigenvalue weighted by Gasteiger charge is -2.05. The Morgan fingerprint density at radius 3 is 2.80 bits per heavy atom. The molecule has 0 radical (unpaired) electrons. The summed E-state index contributed by atoms with van der Waals surface area (Å²) in [5, 5.41) is 0.597. The van der Waals surface area contributed by atoms with Crippen LogP contribution in [0.1, 0.15) is 14.7 Å². The van der Waals surface area contributed by atoms with Crippen molar-refractivity contribution in [1.29, 1.82) is 0 Å². The molecule has 0 amide bonds. The second-order valence-corrected chi connectivity index (χ2v) is 3.84. The standard InChI is InChI=1S/C8H8F3NO2S/c9-8(10,11)5-14-2-1-7-12-3-6(4-13)15-7/h3-4H,1-2,5H2. The van der Waals surface area contributed by atoms with Gasteiger partial charge in [0, 0.05) is 12.6 Å². The molecule has 0 bridgehead atoms. The summed E-state index contributed by atoms with van der Waals surface area (Å²) in [5.41, 5.74) is 0. The van der Waals surface area contributed by atoms with Crippen LogP contribution >= 0.6 is 11.3 Å². The Bertz CT molecular complexity index is 324. The molecule has 0 aliphatic carbocycles. The normalized spacial score (nSPS) is 11.7. The third-order valence-corrected chi connectivity index (χ3v) is 2.40. The summed E-state index contributed by atoms with van der Waals surface area (Å²) >= 11 is 1.15. The zero-order chi connectivity index (χ0) is 11.3. The van der Waals surface area contributed by atoms with Crippen molar-refractivity contribution in [3.8, 4) is 0 Å². The van der Waals surface area contributed by atoms with Crippen LogP contribution in [0.15, 0.2) is 6.20 Å². The van der Waals surface area contributed by atoms with Crippen molar-refractivity contribution in [2.24, 2.45) is 0 Å². The van der Waals surface area contributed by atoms with Gasteiger partial charge in [-0.1, -0.05) is 0 Å². The summed E-state index contributed by atoms with van der Waals surface area (Å²) in [4.78, 5) is 14.6. The fourth-order valence-electron chi connectivity index (χ4n) is 0.842. The average Bonchev–Trinajstić information content (AvgIpc) is 2.59. The highest BCUT2D eigenvalue weighted by Crippen LogP contribution is 2.15. The first-order valence-corrected chi connectivity index (χ1v) is 4.87. The van der Waals surface area contributed by atoms with E-state index in [1.165, 1.54) is 6.20 Å². The number of carbonyl (C=O) groups is 1. The molecule has 0 spiro atoms. The molecule has 0 aromatic carbocycles. The van der Waals surface area contributed by atoms with Crippen molar-refractivity contribution in [2.45, 2.75) is 12.6 Å². The van der Waals surface area contributed by atoms with E-state index in [0.29, 0.717) is 16.2 Å². The zero-order valence-electron chi connectivity index (χ0n) is 7.58. The second kappa shape index (κ2) is 5.22. The first-order chi connectivity index (χ1) is 7.01. The number of nitrogens with zero attached hydrogens (tertiary/aromatic N) is 1. The molecular weight excluding hydrogens is 231 g/mol. The van der Waals surface area contributed by atoms with Gasteiger partial charge in [-0.15, -0.1) is 11.3 Å². The number of aldehydes is 1. The first kappa shape index (κ1) is 12.1. The molecule has 15 heavy (non-hydrogen) atoms. The monoisotopic (exact) mass is 239 g/mol. The van der Waals surface area contributed by atoms with Crippen molar-refractivity contribution < 1.29 is 22.7 Å². The molecule has 1 aromatic heterocycles. The number of alkyl halides is 3. The Morgan fingerprint density at radius 1 is 1.53 bits per heavy atom. The van der Waals surface area contributed by atoms with E-state index in [2.05, 4.69) is 9.72 Å². The number of hydrogen-bond donors (Lipinski definition) is 0. The van der Waals surface area contributed by atoms with Crippen LogP contribution in [0.5, 0.6) is 0 Å². The van der Waals surface area contributed by atoms with Gasteiger partial charge in [0.25, 0.3) is 0 Å². The van der Waals surface area contributed by atoms with Crippen molar-refractivity contribution in [3.63, 3.8) is 0 Å². The van der Waals surface area contributed by atoms with Crippen LogP contribution in [0.3, 0.4) is 0 Å². The van der Waals surface area contributed by atoms with Crippen LogP contribution in [0.25, 0.3) is 0 Å². The van der Waals surface area contributed by atoms with Crippen LogP contribution in [-0.4, -0.2) is 30.7 Å². The van der Waals surface area contributed by atoms with Gasteiger partial charge in [0.05, 0.1) is 16.5 Å². The third-order valence-electron chi connectivity index (χ3n) is 1.41. The van der Waals surface area contributed by atoms with Gasteiger partial charge in [-0.2, -0.15) is 13.2 Å². The SMILES string of the molecule is O=Cc1cnc(CCOCC(F)(F)F)s1. The molecule has 0 N–H and O–H groups in total. The quantitative estimate of drug-likeness (QED) is 0.583. The zero-order valence-corrected chi connectivity index (χ0v) is 8.40. The van der Waals surface area contributed by atoms with Gasteiger partial charge in [0.2, 0.25) is 0 Å². The van der Waals surface area contributed by atoms with E-state index in [0.717, 1.165) is 11.3 Å². The highest BCUT2D eigenvalue weighted by Gasteiger charge is 2.27. The lowest BCUT2D eigenvalue weighted by molar-refractivity contribution is -0.173. The average molecular weight is 239 g/mol. The molecular formula is C8H8F3NO2S. The molecule has 0 saturated carbocycles. The topological polar surface area (TPSA) is 39.2 Å². The summed E-state index contributed by atoms with van der Waals surface area (Å²) < 4.78 is 39.4. The maximum absolute atomic E-state index is 11.7. The molecule has 0 fully saturated rings. The molecule has 0 saturated heterocycles. The smallest absolute Gasteiger partial charge is 0.372 e. The number of hydrogen-bond acceptors (Lipinski definition) is 4. The second-order valence-electron chi connectivity index (χ2n) is 2.69. The third kappa shape index (κ3) is 4.89. The molecule has 84 valence electrons. The van der Waals surface area contributed by atoms with Crippen LogP contribution < -0.4 is 0 Å². The predicted octanol–water partition coefficient (Wildman–Crippen LogP) is 2.08. The van der Waals surface area contributed by atoms with Crippen molar-refractivity contribution in [1.82, 2.24) is 4.98 Å². The lowest BCUT2D eigenvalue weighted by Crippen LogP contribution is -2.17. The van der Waals surface area contributed by atoms with E-state index in [-0.39, 0.29) is 13.0 Å². The highest BCUT2D eigenvalue weighted by atomic mass is 32.1. The van der Waals surface area contributed by atoms with E-state index in [1.807, 2.05) is 0 Å². The summed E-state index contributed by atoms with van der Waals surface area (Å²) in [6.07, 6.45) is -1.97. The number of aromatic nitrogens is 1. The predicted molar refractivity (Wildman–Crippen MR) is 48.1 cm³/mol. The number of ether oxygens (including phenoxy) is 1. The van der Waals surface area contributed by atoms with Gasteiger partial charge >= 0.3 is 6.18 Å². The summed E-state index contributed by atoms with van der Waals surface area (Å²) in [6, 6.07) is 0. The summed E-state index contributed by atoms with van der Waals surface area (Å²) in [6.45, 7) is -1.30. The van der Waals surface area contributed by atoms with Crippen molar-refractivity contribution in [2.75, 3.05) is 13.2 Å². The Kier molecular flexibility index (Phi) is 4.22. The van der Waals surface area contributed by atoms with Gasteiger partial charge in [-0.05, 0) is 0 Å². The van der Waals surface area contributed by atoms with E-state index >= 15 is 0 Å². The number of thiazole rings is 1. The Balaban J connectivity index is 2.23. The molecule has 1 rings (SSSR count). The fraction of sp³-hybridized carbons (Fsp3) is 0.500. The van der Waals surface area contributed by atoms with Crippen LogP contribution in [0.4, 0.5) is 13.2 Å². The Morgan fingerprint density at radius 2 is 2.27 bits per heavy atom. The van der Waals surface area contributed by atoms with Gasteiger partial charge < -0.3 is 4.74 Å². The van der Waals surface area contributed by atoms with Crippen molar-refractivity contribution in [3.05, 3.63) is 16.1 Å². The van der Waals surface area contributed by atoms with Crippen molar-refractivity contribution >= 4 is 17.6 Å². The first-order valence-electron chi connectivity index (χ1n) is 4.05. The molecule has 0 atom stereocenters. The minimum Gasteiger partial charge on any atom is -0.372 e. The molecule has 3 nitrogen and oxygen atoms in total. The maximum Gasteiger partial charge on any atom is 0.411 e. The van der Waals surface area contributed by atoms with Gasteiger partial charge in [0.1, 0.15) is 6.61 Å². The number of rotatable bonds is 5. The summed E-state index contributed by atoms with van der Waals surface area (Å²) in [5.74, 6) is 0. The number of halogens is 3. The van der Waals surface area contributed by atoms with Gasteiger partial charge in [0.15, 0.2) is 6.29 Å². The van der Waals surface area contributed by atoms with Crippen LogP contribution in [0.2, 0.25) is 0 Å². The minimum atomic E-state index is -4.29. The van der Waals surface area contributed by atoms with E-state index in [1.54, 1.807) is 0 Å². The van der Waals surface area contributed by atoms with Gasteiger partial charge in [-0.3, -0.25) is 4.79 Å². The molecule has 0 unspecified atom stereocenters. The summed E-state index contributed by atoms with van der Waals surface area (Å²) in [7, 11) is 0. The lowest BCUT2D eigenvalue weighted by atomic mass is 10.5. The Hall–Kier alpha value is -0.950. The van der Waals surface area contributed by atoms with Crippen LogP contribution in [-0.2, 0) is 11.2 Å². The van der Waals surface area contributed by atoms with Gasteiger partial charge in [-0.25, -0.2) is 4.98 Å². The van der Waals surface area contributed by atoms with E-state index in [9.17, 15) is 18.0 Å². The number of carbonyl (C=O) groups excluding carboxylic acids is 1. The van der Waals surface area contributed by atoms with Crippen LogP contribution in [0, 0.1) is 0 Å². The fourth-order valence-corrected chi connectivity index (χ4v) is 1.56.